The summed E-state index contributed by atoms with van der Waals surface area (Å²) in [5.74, 6) is -1.15. The van der Waals surface area contributed by atoms with Gasteiger partial charge in [0.05, 0.1) is 28.8 Å². The molecule has 34 heavy (non-hydrogen) atoms. The fourth-order valence-electron chi connectivity index (χ4n) is 3.64. The van der Waals surface area contributed by atoms with Crippen molar-refractivity contribution < 1.29 is 22.7 Å². The van der Waals surface area contributed by atoms with Crippen LogP contribution in [0.5, 0.6) is 0 Å². The van der Waals surface area contributed by atoms with Crippen molar-refractivity contribution in [3.63, 3.8) is 0 Å². The third kappa shape index (κ3) is 4.42. The number of carbonyl (C=O) groups excluding carboxylic acids is 2. The average molecular weight is 497 g/mol. The number of aryl methyl sites for hydroxylation is 1. The number of aromatic nitrogens is 1. The number of para-hydroxylation sites is 1. The van der Waals surface area contributed by atoms with Gasteiger partial charge in [0.25, 0.3) is 15.9 Å². The number of esters is 1. The first-order valence-electron chi connectivity index (χ1n) is 10.3. The summed E-state index contributed by atoms with van der Waals surface area (Å²) in [7, 11) is -2.85. The van der Waals surface area contributed by atoms with Crippen LogP contribution >= 0.6 is 11.6 Å². The number of rotatable bonds is 6. The van der Waals surface area contributed by atoms with Crippen LogP contribution < -0.4 is 4.31 Å². The zero-order valence-corrected chi connectivity index (χ0v) is 20.0. The van der Waals surface area contributed by atoms with Crippen molar-refractivity contribution in [2.24, 2.45) is 0 Å². The molecular weight excluding hydrogens is 476 g/mol. The van der Waals surface area contributed by atoms with E-state index in [1.54, 1.807) is 54.6 Å². The largest absolute Gasteiger partial charge is 0.465 e. The van der Waals surface area contributed by atoms with E-state index in [4.69, 9.17) is 16.3 Å². The summed E-state index contributed by atoms with van der Waals surface area (Å²) in [6.07, 6.45) is 1.37. The smallest absolute Gasteiger partial charge is 0.340 e. The summed E-state index contributed by atoms with van der Waals surface area (Å²) < 4.78 is 34.3. The zero-order chi connectivity index (χ0) is 24.5. The highest BCUT2D eigenvalue weighted by molar-refractivity contribution is 7.92. The van der Waals surface area contributed by atoms with Crippen LogP contribution in [0, 0.1) is 6.92 Å². The number of halogens is 1. The van der Waals surface area contributed by atoms with Gasteiger partial charge in [0, 0.05) is 16.6 Å². The van der Waals surface area contributed by atoms with Crippen LogP contribution in [-0.4, -0.2) is 38.5 Å². The molecule has 0 spiro atoms. The summed E-state index contributed by atoms with van der Waals surface area (Å²) >= 11 is 6.13. The highest BCUT2D eigenvalue weighted by atomic mass is 35.5. The van der Waals surface area contributed by atoms with E-state index in [-0.39, 0.29) is 16.1 Å². The van der Waals surface area contributed by atoms with Crippen LogP contribution in [0.3, 0.4) is 0 Å². The Labute approximate surface area is 202 Å². The Morgan fingerprint density at radius 3 is 2.38 bits per heavy atom. The molecule has 4 rings (SSSR count). The van der Waals surface area contributed by atoms with E-state index in [2.05, 4.69) is 0 Å². The molecule has 1 heterocycles. The standard InChI is InChI=1S/C25H21ClN2O5S/c1-17-10-12-20(13-11-17)34(31,32)28(19-7-5-6-18(26)14-19)16-24(29)27-15-22(25(30)33-2)21-8-3-4-9-23(21)27/h3-15H,16H2,1-2H3. The van der Waals surface area contributed by atoms with Crippen LogP contribution in [0.1, 0.15) is 20.7 Å². The maximum Gasteiger partial charge on any atom is 0.340 e. The maximum atomic E-state index is 13.6. The summed E-state index contributed by atoms with van der Waals surface area (Å²) in [5, 5.41) is 0.854. The van der Waals surface area contributed by atoms with Crippen molar-refractivity contribution >= 4 is 50.1 Å². The number of hydrogen-bond acceptors (Lipinski definition) is 5. The predicted octanol–water partition coefficient (Wildman–Crippen LogP) is 4.93. The van der Waals surface area contributed by atoms with Gasteiger partial charge < -0.3 is 4.74 Å². The third-order valence-electron chi connectivity index (χ3n) is 5.37. The van der Waals surface area contributed by atoms with Crippen molar-refractivity contribution in [2.75, 3.05) is 18.0 Å². The quantitative estimate of drug-likeness (QED) is 0.353. The molecule has 0 aliphatic carbocycles. The molecule has 0 bridgehead atoms. The van der Waals surface area contributed by atoms with Crippen molar-refractivity contribution in [3.8, 4) is 0 Å². The van der Waals surface area contributed by atoms with Gasteiger partial charge in [-0.15, -0.1) is 0 Å². The summed E-state index contributed by atoms with van der Waals surface area (Å²) in [5.41, 5.74) is 1.82. The second kappa shape index (κ2) is 9.32. The number of anilines is 1. The number of methoxy groups -OCH3 is 1. The molecule has 0 atom stereocenters. The van der Waals surface area contributed by atoms with Crippen LogP contribution in [0.4, 0.5) is 5.69 Å². The molecular formula is C25H21ClN2O5S. The molecule has 7 nitrogen and oxygen atoms in total. The van der Waals surface area contributed by atoms with Gasteiger partial charge in [0.2, 0.25) is 0 Å². The first-order chi connectivity index (χ1) is 16.2. The van der Waals surface area contributed by atoms with E-state index in [9.17, 15) is 18.0 Å². The molecule has 0 aliphatic heterocycles. The first-order valence-corrected chi connectivity index (χ1v) is 12.1. The van der Waals surface area contributed by atoms with Gasteiger partial charge in [0.15, 0.2) is 0 Å². The monoisotopic (exact) mass is 496 g/mol. The molecule has 0 saturated heterocycles. The van der Waals surface area contributed by atoms with Crippen molar-refractivity contribution in [2.45, 2.75) is 11.8 Å². The van der Waals surface area contributed by atoms with E-state index in [0.29, 0.717) is 15.9 Å². The molecule has 4 aromatic rings. The minimum Gasteiger partial charge on any atom is -0.465 e. The molecule has 0 fully saturated rings. The minimum atomic E-state index is -4.11. The number of benzene rings is 3. The van der Waals surface area contributed by atoms with Crippen LogP contribution in [0.15, 0.2) is 83.9 Å². The second-order valence-corrected chi connectivity index (χ2v) is 9.92. The van der Waals surface area contributed by atoms with Crippen molar-refractivity contribution in [1.82, 2.24) is 4.57 Å². The minimum absolute atomic E-state index is 0.0403. The molecule has 0 aliphatic rings. The molecule has 3 aromatic carbocycles. The number of sulfonamides is 1. The van der Waals surface area contributed by atoms with Gasteiger partial charge in [-0.25, -0.2) is 13.2 Å². The van der Waals surface area contributed by atoms with E-state index in [1.165, 1.54) is 36.1 Å². The topological polar surface area (TPSA) is 85.7 Å². The highest BCUT2D eigenvalue weighted by Crippen LogP contribution is 2.28. The summed E-state index contributed by atoms with van der Waals surface area (Å²) in [6.45, 7) is 1.33. The van der Waals surface area contributed by atoms with E-state index < -0.39 is 28.4 Å². The number of fused-ring (bicyclic) bond motifs is 1. The Morgan fingerprint density at radius 1 is 1.00 bits per heavy atom. The number of nitrogens with zero attached hydrogens (tertiary/aromatic N) is 2. The van der Waals surface area contributed by atoms with Gasteiger partial charge in [-0.2, -0.15) is 0 Å². The summed E-state index contributed by atoms with van der Waals surface area (Å²) in [4.78, 5) is 25.7. The van der Waals surface area contributed by atoms with Gasteiger partial charge >= 0.3 is 5.97 Å². The molecule has 0 amide bonds. The lowest BCUT2D eigenvalue weighted by molar-refractivity contribution is 0.0603. The number of carbonyl (C=O) groups is 2. The lowest BCUT2D eigenvalue weighted by atomic mass is 10.2. The molecule has 0 N–H and O–H groups in total. The van der Waals surface area contributed by atoms with Gasteiger partial charge in [-0.1, -0.05) is 53.6 Å². The zero-order valence-electron chi connectivity index (χ0n) is 18.4. The van der Waals surface area contributed by atoms with Crippen LogP contribution in [0.2, 0.25) is 5.02 Å². The van der Waals surface area contributed by atoms with Crippen LogP contribution in [0.25, 0.3) is 10.9 Å². The molecule has 174 valence electrons. The Morgan fingerprint density at radius 2 is 1.71 bits per heavy atom. The van der Waals surface area contributed by atoms with E-state index in [1.807, 2.05) is 6.92 Å². The number of hydrogen-bond donors (Lipinski definition) is 0. The third-order valence-corrected chi connectivity index (χ3v) is 7.39. The van der Waals surface area contributed by atoms with Crippen molar-refractivity contribution in [3.05, 3.63) is 95.1 Å². The highest BCUT2D eigenvalue weighted by Gasteiger charge is 2.29. The second-order valence-electron chi connectivity index (χ2n) is 7.62. The lowest BCUT2D eigenvalue weighted by Crippen LogP contribution is -2.37. The van der Waals surface area contributed by atoms with E-state index >= 15 is 0 Å². The van der Waals surface area contributed by atoms with E-state index in [0.717, 1.165) is 9.87 Å². The van der Waals surface area contributed by atoms with Gasteiger partial charge in [-0.3, -0.25) is 13.7 Å². The Hall–Kier alpha value is -3.62. The molecule has 0 unspecified atom stereocenters. The molecule has 1 aromatic heterocycles. The molecule has 9 heteroatoms. The summed E-state index contributed by atoms with van der Waals surface area (Å²) in [6, 6.07) is 19.5. The lowest BCUT2D eigenvalue weighted by Gasteiger charge is -2.24. The Bertz CT molecular complexity index is 1490. The van der Waals surface area contributed by atoms with Crippen molar-refractivity contribution in [1.29, 1.82) is 0 Å². The Balaban J connectivity index is 1.81. The maximum absolute atomic E-state index is 13.6. The van der Waals surface area contributed by atoms with Crippen LogP contribution in [-0.2, 0) is 14.8 Å². The Kier molecular flexibility index (Phi) is 6.45. The fourth-order valence-corrected chi connectivity index (χ4v) is 5.23. The molecule has 0 saturated carbocycles. The average Bonchev–Trinajstić information content (AvgIpc) is 3.22. The SMILES string of the molecule is COC(=O)c1cn(C(=O)CN(c2cccc(Cl)c2)S(=O)(=O)c2ccc(C)cc2)c2ccccc12. The predicted molar refractivity (Wildman–Crippen MR) is 131 cm³/mol. The van der Waals surface area contributed by atoms with Gasteiger partial charge in [0.1, 0.15) is 6.54 Å². The fraction of sp³-hybridized carbons (Fsp3) is 0.120. The number of ether oxygens (including phenoxy) is 1. The normalized spacial score (nSPS) is 11.4. The molecule has 0 radical (unpaired) electrons. The van der Waals surface area contributed by atoms with Gasteiger partial charge in [-0.05, 0) is 43.3 Å². The first kappa shape index (κ1) is 23.5.